The molecule has 0 bridgehead atoms. The summed E-state index contributed by atoms with van der Waals surface area (Å²) in [5.41, 5.74) is 0. The molecular formula is C32H32S4Si2. The van der Waals surface area contributed by atoms with Crippen LogP contribution < -0.4 is 9.00 Å². The molecule has 0 aliphatic carbocycles. The molecule has 0 aliphatic rings. The van der Waals surface area contributed by atoms with Gasteiger partial charge in [0, 0.05) is 48.8 Å². The number of hydrogen-bond donors (Lipinski definition) is 0. The second kappa shape index (κ2) is 9.99. The minimum absolute atomic E-state index is 1.32. The Bertz CT molecular complexity index is 1640. The maximum Gasteiger partial charge on any atom is 0.0919 e. The van der Waals surface area contributed by atoms with E-state index in [-0.39, 0.29) is 0 Å². The number of fused-ring (bicyclic) bond motifs is 3. The van der Waals surface area contributed by atoms with Crippen molar-refractivity contribution >= 4 is 102 Å². The van der Waals surface area contributed by atoms with Crippen LogP contribution in [0.1, 0.15) is 0 Å². The van der Waals surface area contributed by atoms with Crippen LogP contribution >= 0.6 is 46.2 Å². The summed E-state index contributed by atoms with van der Waals surface area (Å²) in [7, 11) is -3.01. The van der Waals surface area contributed by atoms with Crippen molar-refractivity contribution in [3.8, 4) is 0 Å². The summed E-state index contributed by atoms with van der Waals surface area (Å²) in [4.78, 5) is 5.60. The summed E-state index contributed by atoms with van der Waals surface area (Å²) < 4.78 is 6.07. The quantitative estimate of drug-likeness (QED) is 0.174. The molecule has 4 aromatic carbocycles. The van der Waals surface area contributed by atoms with Crippen LogP contribution in [0.3, 0.4) is 0 Å². The molecule has 0 radical (unpaired) electrons. The lowest BCUT2D eigenvalue weighted by Crippen LogP contribution is -2.36. The Morgan fingerprint density at radius 3 is 1.21 bits per heavy atom. The predicted molar refractivity (Wildman–Crippen MR) is 182 cm³/mol. The summed E-state index contributed by atoms with van der Waals surface area (Å²) >= 11 is 7.96. The lowest BCUT2D eigenvalue weighted by atomic mass is 10.1. The molecule has 0 atom stereocenters. The van der Waals surface area contributed by atoms with Crippen LogP contribution in [-0.4, -0.2) is 16.1 Å². The molecule has 6 heteroatoms. The highest BCUT2D eigenvalue weighted by Crippen LogP contribution is 2.43. The average molecular weight is 601 g/mol. The van der Waals surface area contributed by atoms with Crippen molar-refractivity contribution in [3.05, 3.63) is 84.9 Å². The molecule has 0 saturated carbocycles. The lowest BCUT2D eigenvalue weighted by Gasteiger charge is -2.16. The van der Waals surface area contributed by atoms with E-state index >= 15 is 0 Å². The molecule has 0 N–H and O–H groups in total. The van der Waals surface area contributed by atoms with Crippen molar-refractivity contribution in [3.63, 3.8) is 0 Å². The van der Waals surface area contributed by atoms with Gasteiger partial charge in [-0.2, -0.15) is 0 Å². The maximum absolute atomic E-state index is 2.48. The Hall–Kier alpha value is -1.81. The molecule has 192 valence electrons. The van der Waals surface area contributed by atoms with E-state index in [4.69, 9.17) is 0 Å². The van der Waals surface area contributed by atoms with Gasteiger partial charge < -0.3 is 0 Å². The highest BCUT2D eigenvalue weighted by molar-refractivity contribution is 8.00. The van der Waals surface area contributed by atoms with Crippen LogP contribution in [0.15, 0.2) is 105 Å². The summed E-state index contributed by atoms with van der Waals surface area (Å²) in [6.45, 7) is 14.9. The topological polar surface area (TPSA) is 0 Å². The summed E-state index contributed by atoms with van der Waals surface area (Å²) in [6.07, 6.45) is 0. The highest BCUT2D eigenvalue weighted by atomic mass is 32.2. The van der Waals surface area contributed by atoms with Gasteiger partial charge in [-0.05, 0) is 59.3 Å². The standard InChI is InChI=1S/C32H32S4Si2/c1-37(2,3)31-29(33-23-13-9-7-10-14-23)25-17-21-20-28-26(18-22(21)19-27(25)35-31)30(32(36-28)38(4,5)6)34-24-15-11-8-12-16-24/h7-20H,1-6H3. The van der Waals surface area contributed by atoms with Crippen molar-refractivity contribution in [1.29, 1.82) is 0 Å². The molecule has 0 saturated heterocycles. The zero-order valence-electron chi connectivity index (χ0n) is 22.7. The Kier molecular flexibility index (Phi) is 6.94. The van der Waals surface area contributed by atoms with Gasteiger partial charge in [0.05, 0.1) is 16.1 Å². The van der Waals surface area contributed by atoms with Crippen molar-refractivity contribution in [2.75, 3.05) is 0 Å². The number of thiophene rings is 2. The minimum atomic E-state index is -1.50. The zero-order chi connectivity index (χ0) is 26.7. The molecular weight excluding hydrogens is 569 g/mol. The largest absolute Gasteiger partial charge is 0.144 e. The van der Waals surface area contributed by atoms with Gasteiger partial charge in [0.2, 0.25) is 0 Å². The van der Waals surface area contributed by atoms with Crippen molar-refractivity contribution in [1.82, 2.24) is 0 Å². The van der Waals surface area contributed by atoms with Gasteiger partial charge in [0.1, 0.15) is 0 Å². The molecule has 0 aliphatic heterocycles. The van der Waals surface area contributed by atoms with E-state index in [9.17, 15) is 0 Å². The van der Waals surface area contributed by atoms with Gasteiger partial charge in [0.15, 0.2) is 0 Å². The third-order valence-corrected chi connectivity index (χ3v) is 19.0. The van der Waals surface area contributed by atoms with Gasteiger partial charge in [-0.1, -0.05) is 99.2 Å². The first-order valence-corrected chi connectivity index (χ1v) is 23.3. The maximum atomic E-state index is 2.48. The molecule has 0 unspecified atom stereocenters. The SMILES string of the molecule is C[Si](C)(C)c1sc2cc3cc4c(Sc5ccccc5)c([Si](C)(C)C)sc4cc3cc2c1Sc1ccccc1. The molecule has 38 heavy (non-hydrogen) atoms. The Morgan fingerprint density at radius 1 is 0.500 bits per heavy atom. The van der Waals surface area contributed by atoms with Gasteiger partial charge in [-0.3, -0.25) is 0 Å². The second-order valence-electron chi connectivity index (χ2n) is 11.9. The summed E-state index contributed by atoms with van der Waals surface area (Å²) in [5, 5.41) is 5.57. The number of benzene rings is 4. The third kappa shape index (κ3) is 5.07. The van der Waals surface area contributed by atoms with Crippen molar-refractivity contribution in [2.45, 2.75) is 58.9 Å². The lowest BCUT2D eigenvalue weighted by molar-refractivity contribution is 1.45. The van der Waals surface area contributed by atoms with E-state index in [2.05, 4.69) is 124 Å². The molecule has 6 aromatic rings. The van der Waals surface area contributed by atoms with Crippen molar-refractivity contribution < 1.29 is 0 Å². The first-order chi connectivity index (χ1) is 18.1. The summed E-state index contributed by atoms with van der Waals surface area (Å²) in [6, 6.07) is 31.7. The molecule has 0 nitrogen and oxygen atoms in total. The van der Waals surface area contributed by atoms with E-state index in [1.807, 2.05) is 46.2 Å². The van der Waals surface area contributed by atoms with Crippen LogP contribution in [0, 0.1) is 0 Å². The van der Waals surface area contributed by atoms with Gasteiger partial charge in [0.25, 0.3) is 0 Å². The molecule has 2 heterocycles. The van der Waals surface area contributed by atoms with Crippen LogP contribution in [0.25, 0.3) is 30.9 Å². The molecule has 0 amide bonds. The Morgan fingerprint density at radius 2 is 0.868 bits per heavy atom. The van der Waals surface area contributed by atoms with Crippen LogP contribution in [0.5, 0.6) is 0 Å². The van der Waals surface area contributed by atoms with Gasteiger partial charge >= 0.3 is 0 Å². The fourth-order valence-electron chi connectivity index (χ4n) is 4.79. The monoisotopic (exact) mass is 600 g/mol. The summed E-state index contributed by atoms with van der Waals surface area (Å²) in [5.74, 6) is 0. The van der Waals surface area contributed by atoms with E-state index in [0.717, 1.165) is 0 Å². The second-order valence-corrected chi connectivity index (χ2v) is 26.9. The van der Waals surface area contributed by atoms with Crippen LogP contribution in [-0.2, 0) is 0 Å². The fourth-order valence-corrected chi connectivity index (χ4v) is 15.9. The predicted octanol–water partition coefficient (Wildman–Crippen LogP) is 10.7. The number of hydrogen-bond acceptors (Lipinski definition) is 4. The van der Waals surface area contributed by atoms with Crippen LogP contribution in [0.2, 0.25) is 39.3 Å². The van der Waals surface area contributed by atoms with E-state index in [1.54, 1.807) is 9.00 Å². The number of rotatable bonds is 6. The third-order valence-electron chi connectivity index (χ3n) is 6.65. The van der Waals surface area contributed by atoms with E-state index < -0.39 is 16.1 Å². The van der Waals surface area contributed by atoms with Gasteiger partial charge in [-0.15, -0.1) is 22.7 Å². The first kappa shape index (κ1) is 26.4. The minimum Gasteiger partial charge on any atom is -0.144 e. The van der Waals surface area contributed by atoms with Gasteiger partial charge in [-0.25, -0.2) is 0 Å². The van der Waals surface area contributed by atoms with E-state index in [1.165, 1.54) is 50.5 Å². The molecule has 2 aromatic heterocycles. The van der Waals surface area contributed by atoms with E-state index in [0.29, 0.717) is 0 Å². The fraction of sp³-hybridized carbons (Fsp3) is 0.188. The molecule has 0 spiro atoms. The van der Waals surface area contributed by atoms with Crippen molar-refractivity contribution in [2.24, 2.45) is 0 Å². The normalized spacial score (nSPS) is 12.7. The molecule has 6 rings (SSSR count). The molecule has 0 fully saturated rings. The zero-order valence-corrected chi connectivity index (χ0v) is 28.0. The van der Waals surface area contributed by atoms with Crippen LogP contribution in [0.4, 0.5) is 0 Å². The first-order valence-electron chi connectivity index (χ1n) is 13.0. The average Bonchev–Trinajstić information content (AvgIpc) is 3.40. The highest BCUT2D eigenvalue weighted by Gasteiger charge is 2.28. The Labute approximate surface area is 244 Å². The smallest absolute Gasteiger partial charge is 0.0919 e. The Balaban J connectivity index is 1.57.